The Morgan fingerprint density at radius 1 is 1.12 bits per heavy atom. The van der Waals surface area contributed by atoms with Crippen LogP contribution in [-0.2, 0) is 6.54 Å². The van der Waals surface area contributed by atoms with Gasteiger partial charge < -0.3 is 19.5 Å². The molecule has 0 saturated carbocycles. The van der Waals surface area contributed by atoms with E-state index >= 15 is 0 Å². The average molecular weight is 344 g/mol. The van der Waals surface area contributed by atoms with Crippen molar-refractivity contribution in [1.29, 1.82) is 0 Å². The molecular formula is C15H16N6O4. The number of ether oxygens (including phenoxy) is 3. The molecule has 10 heteroatoms. The minimum absolute atomic E-state index is 0.155. The maximum Gasteiger partial charge on any atom is 0.260 e. The van der Waals surface area contributed by atoms with Gasteiger partial charge in [-0.05, 0) is 6.07 Å². The number of nitrogens with one attached hydrogen (secondary N) is 1. The van der Waals surface area contributed by atoms with Gasteiger partial charge in [0.2, 0.25) is 17.4 Å². The van der Waals surface area contributed by atoms with E-state index in [9.17, 15) is 4.79 Å². The molecule has 0 atom stereocenters. The number of carbonyl (C=O) groups is 1. The van der Waals surface area contributed by atoms with Crippen molar-refractivity contribution in [3.05, 3.63) is 35.9 Å². The summed E-state index contributed by atoms with van der Waals surface area (Å²) in [5.74, 6) is 1.06. The third kappa shape index (κ3) is 3.13. The number of rotatable bonds is 6. The Morgan fingerprint density at radius 2 is 1.92 bits per heavy atom. The summed E-state index contributed by atoms with van der Waals surface area (Å²) in [7, 11) is 4.42. The number of fused-ring (bicyclic) bond motifs is 1. The summed E-state index contributed by atoms with van der Waals surface area (Å²) in [6.07, 6.45) is 3.26. The standard InChI is InChI=1S/C15H16N6O4/c1-23-11-5-4-9(14(18-11)24-2)13(22)17-8-10-19-20-12-15(25-3)16-6-7-21(10)12/h4-7H,8H2,1-3H3,(H,17,22). The van der Waals surface area contributed by atoms with Crippen LogP contribution in [-0.4, -0.2) is 51.8 Å². The summed E-state index contributed by atoms with van der Waals surface area (Å²) in [6, 6.07) is 3.16. The molecule has 0 saturated heterocycles. The molecule has 0 bridgehead atoms. The van der Waals surface area contributed by atoms with E-state index in [4.69, 9.17) is 14.2 Å². The van der Waals surface area contributed by atoms with Crippen LogP contribution in [0.5, 0.6) is 17.6 Å². The summed E-state index contributed by atoms with van der Waals surface area (Å²) >= 11 is 0. The van der Waals surface area contributed by atoms with Crippen LogP contribution in [0.15, 0.2) is 24.5 Å². The molecule has 0 aliphatic carbocycles. The highest BCUT2D eigenvalue weighted by molar-refractivity contribution is 5.96. The van der Waals surface area contributed by atoms with Crippen molar-refractivity contribution in [2.45, 2.75) is 6.54 Å². The second-order valence-corrected chi connectivity index (χ2v) is 4.84. The largest absolute Gasteiger partial charge is 0.481 e. The Morgan fingerprint density at radius 3 is 2.64 bits per heavy atom. The van der Waals surface area contributed by atoms with Crippen LogP contribution in [0.2, 0.25) is 0 Å². The molecular weight excluding hydrogens is 328 g/mol. The first kappa shape index (κ1) is 16.4. The van der Waals surface area contributed by atoms with Crippen molar-refractivity contribution in [3.63, 3.8) is 0 Å². The quantitative estimate of drug-likeness (QED) is 0.687. The third-order valence-electron chi connectivity index (χ3n) is 3.45. The van der Waals surface area contributed by atoms with E-state index in [1.807, 2.05) is 0 Å². The molecule has 0 fully saturated rings. The molecule has 25 heavy (non-hydrogen) atoms. The van der Waals surface area contributed by atoms with E-state index in [1.54, 1.807) is 28.9 Å². The van der Waals surface area contributed by atoms with Crippen molar-refractivity contribution in [2.75, 3.05) is 21.3 Å². The normalized spacial score (nSPS) is 10.5. The zero-order valence-electron chi connectivity index (χ0n) is 13.9. The van der Waals surface area contributed by atoms with Crippen LogP contribution in [0, 0.1) is 0 Å². The molecule has 1 amide bonds. The van der Waals surface area contributed by atoms with Crippen LogP contribution in [0.1, 0.15) is 16.2 Å². The van der Waals surface area contributed by atoms with Crippen molar-refractivity contribution < 1.29 is 19.0 Å². The van der Waals surface area contributed by atoms with Crippen LogP contribution in [0.3, 0.4) is 0 Å². The first-order chi connectivity index (χ1) is 12.2. The van der Waals surface area contributed by atoms with Gasteiger partial charge in [-0.25, -0.2) is 4.98 Å². The highest BCUT2D eigenvalue weighted by Crippen LogP contribution is 2.20. The molecule has 3 aromatic heterocycles. The molecule has 0 aliphatic heterocycles. The number of hydrogen-bond acceptors (Lipinski definition) is 8. The van der Waals surface area contributed by atoms with Gasteiger partial charge in [-0.2, -0.15) is 4.98 Å². The SMILES string of the molecule is COc1ccc(C(=O)NCc2nnc3c(OC)nccn23)c(OC)n1. The molecule has 0 unspecified atom stereocenters. The predicted octanol–water partition coefficient (Wildman–Crippen LogP) is 0.475. The highest BCUT2D eigenvalue weighted by Gasteiger charge is 2.16. The summed E-state index contributed by atoms with van der Waals surface area (Å²) in [4.78, 5) is 20.5. The number of hydrogen-bond donors (Lipinski definition) is 1. The van der Waals surface area contributed by atoms with Crippen LogP contribution >= 0.6 is 0 Å². The van der Waals surface area contributed by atoms with Gasteiger partial charge in [0.1, 0.15) is 5.56 Å². The van der Waals surface area contributed by atoms with Gasteiger partial charge in [0.25, 0.3) is 11.8 Å². The predicted molar refractivity (Wildman–Crippen MR) is 85.8 cm³/mol. The zero-order chi connectivity index (χ0) is 17.8. The molecule has 1 N–H and O–H groups in total. The van der Waals surface area contributed by atoms with E-state index in [2.05, 4.69) is 25.5 Å². The number of nitrogens with zero attached hydrogens (tertiary/aromatic N) is 5. The third-order valence-corrected chi connectivity index (χ3v) is 3.45. The lowest BCUT2D eigenvalue weighted by atomic mass is 10.2. The number of carbonyl (C=O) groups excluding carboxylic acids is 1. The second kappa shape index (κ2) is 6.99. The van der Waals surface area contributed by atoms with Gasteiger partial charge in [0.15, 0.2) is 5.82 Å². The summed E-state index contributed by atoms with van der Waals surface area (Å²) < 4.78 is 17.0. The monoisotopic (exact) mass is 344 g/mol. The van der Waals surface area contributed by atoms with Gasteiger partial charge in [-0.3, -0.25) is 9.20 Å². The topological polar surface area (TPSA) is 113 Å². The molecule has 0 aromatic carbocycles. The molecule has 3 heterocycles. The first-order valence-corrected chi connectivity index (χ1v) is 7.27. The van der Waals surface area contributed by atoms with Gasteiger partial charge >= 0.3 is 0 Å². The Labute approximate surface area is 142 Å². The first-order valence-electron chi connectivity index (χ1n) is 7.27. The number of aromatic nitrogens is 5. The molecule has 0 radical (unpaired) electrons. The highest BCUT2D eigenvalue weighted by atomic mass is 16.5. The van der Waals surface area contributed by atoms with Crippen LogP contribution < -0.4 is 19.5 Å². The van der Waals surface area contributed by atoms with Crippen LogP contribution in [0.4, 0.5) is 0 Å². The Balaban J connectivity index is 1.79. The molecule has 0 aliphatic rings. The Kier molecular flexibility index (Phi) is 4.59. The second-order valence-electron chi connectivity index (χ2n) is 4.84. The van der Waals surface area contributed by atoms with Gasteiger partial charge in [-0.1, -0.05) is 0 Å². The van der Waals surface area contributed by atoms with E-state index < -0.39 is 0 Å². The number of amides is 1. The van der Waals surface area contributed by atoms with Gasteiger partial charge in [0.05, 0.1) is 27.9 Å². The number of methoxy groups -OCH3 is 3. The smallest absolute Gasteiger partial charge is 0.260 e. The van der Waals surface area contributed by atoms with E-state index in [0.717, 1.165) is 0 Å². The maximum absolute atomic E-state index is 12.4. The minimum atomic E-state index is -0.357. The Hall–Kier alpha value is -3.43. The minimum Gasteiger partial charge on any atom is -0.481 e. The molecule has 0 spiro atoms. The lowest BCUT2D eigenvalue weighted by Crippen LogP contribution is -2.24. The van der Waals surface area contributed by atoms with Gasteiger partial charge in [-0.15, -0.1) is 10.2 Å². The molecule has 3 aromatic rings. The van der Waals surface area contributed by atoms with Crippen molar-refractivity contribution in [1.82, 2.24) is 29.9 Å². The number of pyridine rings is 1. The van der Waals surface area contributed by atoms with Crippen molar-refractivity contribution in [2.24, 2.45) is 0 Å². The van der Waals surface area contributed by atoms with E-state index in [0.29, 0.717) is 23.2 Å². The summed E-state index contributed by atoms with van der Waals surface area (Å²) in [5, 5.41) is 10.8. The zero-order valence-corrected chi connectivity index (χ0v) is 13.9. The summed E-state index contributed by atoms with van der Waals surface area (Å²) in [5.41, 5.74) is 0.759. The fourth-order valence-electron chi connectivity index (χ4n) is 2.24. The molecule has 130 valence electrons. The lowest BCUT2D eigenvalue weighted by molar-refractivity contribution is 0.0946. The Bertz CT molecular complexity index is 910. The van der Waals surface area contributed by atoms with Crippen molar-refractivity contribution in [3.8, 4) is 17.6 Å². The maximum atomic E-state index is 12.4. The molecule has 3 rings (SSSR count). The summed E-state index contributed by atoms with van der Waals surface area (Å²) in [6.45, 7) is 0.155. The van der Waals surface area contributed by atoms with E-state index in [-0.39, 0.29) is 23.9 Å². The van der Waals surface area contributed by atoms with E-state index in [1.165, 1.54) is 21.3 Å². The van der Waals surface area contributed by atoms with Crippen molar-refractivity contribution >= 4 is 11.6 Å². The van der Waals surface area contributed by atoms with Crippen LogP contribution in [0.25, 0.3) is 5.65 Å². The fourth-order valence-corrected chi connectivity index (χ4v) is 2.24. The average Bonchev–Trinajstić information content (AvgIpc) is 3.08. The lowest BCUT2D eigenvalue weighted by Gasteiger charge is -2.09. The molecule has 10 nitrogen and oxygen atoms in total. The fraction of sp³-hybridized carbons (Fsp3) is 0.267. The van der Waals surface area contributed by atoms with Gasteiger partial charge in [0, 0.05) is 18.5 Å².